The number of hydrogen-bond donors (Lipinski definition) is 3. The van der Waals surface area contributed by atoms with Crippen molar-refractivity contribution >= 4 is 5.96 Å². The van der Waals surface area contributed by atoms with Crippen LogP contribution in [0.3, 0.4) is 0 Å². The Labute approximate surface area is 30.7 Å². The smallest absolute Gasteiger partial charge is 0.186 e. The molecule has 0 aromatic rings. The molecule has 0 aliphatic rings. The van der Waals surface area contributed by atoms with Crippen LogP contribution in [0.4, 0.5) is 0 Å². The number of rotatable bonds is 0. The molecule has 4 N–H and O–H groups in total. The highest BCUT2D eigenvalue weighted by Crippen LogP contribution is 1.34. The van der Waals surface area contributed by atoms with E-state index in [1.807, 2.05) is 0 Å². The highest BCUT2D eigenvalue weighted by Gasteiger charge is 1.67. The average molecular weight is 70.1 g/mol. The second kappa shape index (κ2) is 1.58. The van der Waals surface area contributed by atoms with Crippen LogP contribution in [0, 0.1) is 12.5 Å². The Morgan fingerprint density at radius 3 is 2.20 bits per heavy atom. The van der Waals surface area contributed by atoms with Crippen molar-refractivity contribution < 1.29 is 0 Å². The maximum Gasteiger partial charge on any atom is 0.186 e. The molecule has 5 heavy (non-hydrogen) atoms. The lowest BCUT2D eigenvalue weighted by atomic mass is 11.0. The van der Waals surface area contributed by atoms with Gasteiger partial charge in [-0.3, -0.25) is 5.41 Å². The topological polar surface area (TPSA) is 61.9 Å². The summed E-state index contributed by atoms with van der Waals surface area (Å²) in [6.07, 6.45) is 0. The SMILES string of the molecule is [C]NC(=N)N. The zero-order chi connectivity index (χ0) is 4.28. The Morgan fingerprint density at radius 1 is 2.00 bits per heavy atom. The molecule has 0 aromatic carbocycles. The van der Waals surface area contributed by atoms with Gasteiger partial charge in [-0.25, -0.2) is 0 Å². The van der Waals surface area contributed by atoms with Gasteiger partial charge >= 0.3 is 0 Å². The summed E-state index contributed by atoms with van der Waals surface area (Å²) in [7, 11) is 6.06. The normalized spacial score (nSPS) is 6.60. The predicted molar refractivity (Wildman–Crippen MR) is 18.3 cm³/mol. The molecule has 0 saturated carbocycles. The number of hydrogen-bond acceptors (Lipinski definition) is 1. The lowest BCUT2D eigenvalue weighted by Gasteiger charge is -1.83. The van der Waals surface area contributed by atoms with Crippen LogP contribution in [0.15, 0.2) is 0 Å². The molecular formula is C2H4N3. The van der Waals surface area contributed by atoms with Gasteiger partial charge in [0.15, 0.2) is 5.96 Å². The molecule has 0 aliphatic heterocycles. The molecule has 3 radical (unpaired) electrons. The third-order valence-corrected chi connectivity index (χ3v) is 0.135. The molecule has 0 bridgehead atoms. The van der Waals surface area contributed by atoms with E-state index in [4.69, 9.17) is 12.5 Å². The summed E-state index contributed by atoms with van der Waals surface area (Å²) in [6, 6.07) is 0. The van der Waals surface area contributed by atoms with Crippen LogP contribution >= 0.6 is 0 Å². The summed E-state index contributed by atoms with van der Waals surface area (Å²) in [5.41, 5.74) is 4.58. The summed E-state index contributed by atoms with van der Waals surface area (Å²) in [6.45, 7) is 0. The van der Waals surface area contributed by atoms with Crippen molar-refractivity contribution in [1.29, 1.82) is 5.41 Å². The fourth-order valence-electron chi connectivity index (χ4n) is 0. The third-order valence-electron chi connectivity index (χ3n) is 0.135. The van der Waals surface area contributed by atoms with Gasteiger partial charge in [-0.1, -0.05) is 0 Å². The first-order chi connectivity index (χ1) is 2.27. The standard InChI is InChI=1S/C2H4N3/c1-5-2(3)4/h(H4,3,4,5). The van der Waals surface area contributed by atoms with Gasteiger partial charge in [0.05, 0.1) is 0 Å². The van der Waals surface area contributed by atoms with Crippen LogP contribution < -0.4 is 11.1 Å². The van der Waals surface area contributed by atoms with Crippen LogP contribution in [-0.4, -0.2) is 5.96 Å². The molecule has 0 rings (SSSR count). The molecule has 0 amide bonds. The molecular weight excluding hydrogens is 66.0 g/mol. The minimum absolute atomic E-state index is 0.329. The van der Waals surface area contributed by atoms with Crippen LogP contribution in [0.1, 0.15) is 0 Å². The second-order valence-electron chi connectivity index (χ2n) is 0.539. The van der Waals surface area contributed by atoms with Crippen molar-refractivity contribution in [2.75, 3.05) is 0 Å². The minimum atomic E-state index is -0.329. The minimum Gasteiger partial charge on any atom is -0.370 e. The highest BCUT2D eigenvalue weighted by molar-refractivity contribution is 5.74. The van der Waals surface area contributed by atoms with Gasteiger partial charge in [-0.15, -0.1) is 0 Å². The zero-order valence-electron chi connectivity index (χ0n) is 2.58. The Balaban J connectivity index is 2.85. The van der Waals surface area contributed by atoms with Crippen molar-refractivity contribution in [2.24, 2.45) is 5.73 Å². The van der Waals surface area contributed by atoms with E-state index < -0.39 is 0 Å². The quantitative estimate of drug-likeness (QED) is 0.253. The van der Waals surface area contributed by atoms with Gasteiger partial charge in [0, 0.05) is 0 Å². The predicted octanol–water partition coefficient (Wildman–Crippen LogP) is -0.985. The van der Waals surface area contributed by atoms with Gasteiger partial charge in [-0.05, 0) is 0 Å². The molecule has 0 aromatic heterocycles. The summed E-state index contributed by atoms with van der Waals surface area (Å²) in [4.78, 5) is 0. The van der Waals surface area contributed by atoms with E-state index in [1.165, 1.54) is 0 Å². The largest absolute Gasteiger partial charge is 0.370 e. The van der Waals surface area contributed by atoms with E-state index in [0.29, 0.717) is 0 Å². The number of guanidine groups is 1. The summed E-state index contributed by atoms with van der Waals surface area (Å²) >= 11 is 0. The Morgan fingerprint density at radius 2 is 2.20 bits per heavy atom. The lowest BCUT2D eigenvalue weighted by molar-refractivity contribution is 1.19. The maximum absolute atomic E-state index is 6.22. The molecule has 0 aliphatic carbocycles. The monoisotopic (exact) mass is 70.0 g/mol. The van der Waals surface area contributed by atoms with E-state index in [9.17, 15) is 0 Å². The Hall–Kier alpha value is -0.730. The molecule has 0 saturated heterocycles. The molecule has 0 atom stereocenters. The van der Waals surface area contributed by atoms with E-state index in [1.54, 1.807) is 5.32 Å². The van der Waals surface area contributed by atoms with Crippen molar-refractivity contribution in [3.8, 4) is 0 Å². The molecule has 27 valence electrons. The summed E-state index contributed by atoms with van der Waals surface area (Å²) in [5.74, 6) is -0.329. The van der Waals surface area contributed by atoms with Crippen molar-refractivity contribution in [1.82, 2.24) is 5.32 Å². The Bertz CT molecular complexity index is 40.2. The maximum atomic E-state index is 6.22. The lowest BCUT2D eigenvalue weighted by Crippen LogP contribution is -2.23. The van der Waals surface area contributed by atoms with E-state index in [2.05, 4.69) is 5.73 Å². The molecule has 0 unspecified atom stereocenters. The number of nitrogens with one attached hydrogen (secondary N) is 2. The van der Waals surface area contributed by atoms with Crippen molar-refractivity contribution in [2.45, 2.75) is 0 Å². The van der Waals surface area contributed by atoms with Gasteiger partial charge in [0.2, 0.25) is 0 Å². The molecule has 0 fully saturated rings. The van der Waals surface area contributed by atoms with Crippen LogP contribution in [0.25, 0.3) is 0 Å². The molecule has 0 spiro atoms. The highest BCUT2D eigenvalue weighted by atomic mass is 15.0. The van der Waals surface area contributed by atoms with Crippen LogP contribution in [0.5, 0.6) is 0 Å². The van der Waals surface area contributed by atoms with Gasteiger partial charge in [0.1, 0.15) is 7.05 Å². The summed E-state index contributed by atoms with van der Waals surface area (Å²) in [5, 5.41) is 7.86. The van der Waals surface area contributed by atoms with Gasteiger partial charge in [0.25, 0.3) is 0 Å². The second-order valence-corrected chi connectivity index (χ2v) is 0.539. The summed E-state index contributed by atoms with van der Waals surface area (Å²) < 4.78 is 0. The fraction of sp³-hybridized carbons (Fsp3) is 0. The molecule has 3 heteroatoms. The molecule has 0 heterocycles. The average Bonchev–Trinajstić information content (AvgIpc) is 1.38. The van der Waals surface area contributed by atoms with Crippen molar-refractivity contribution in [3.63, 3.8) is 0 Å². The first-order valence-corrected chi connectivity index (χ1v) is 1.04. The Kier molecular flexibility index (Phi) is 1.35. The van der Waals surface area contributed by atoms with Crippen molar-refractivity contribution in [3.05, 3.63) is 7.05 Å². The van der Waals surface area contributed by atoms with Crippen LogP contribution in [-0.2, 0) is 0 Å². The number of nitrogens with two attached hydrogens (primary N) is 1. The third kappa shape index (κ3) is 3.27. The fourth-order valence-corrected chi connectivity index (χ4v) is 0. The first-order valence-electron chi connectivity index (χ1n) is 1.04. The van der Waals surface area contributed by atoms with Gasteiger partial charge < -0.3 is 11.1 Å². The van der Waals surface area contributed by atoms with Crippen LogP contribution in [0.2, 0.25) is 0 Å². The van der Waals surface area contributed by atoms with E-state index in [0.717, 1.165) is 0 Å². The zero-order valence-corrected chi connectivity index (χ0v) is 2.58. The van der Waals surface area contributed by atoms with Gasteiger partial charge in [-0.2, -0.15) is 0 Å². The molecule has 3 nitrogen and oxygen atoms in total. The van der Waals surface area contributed by atoms with E-state index >= 15 is 0 Å². The first kappa shape index (κ1) is 4.27. The van der Waals surface area contributed by atoms with E-state index in [-0.39, 0.29) is 5.96 Å².